The average Bonchev–Trinajstić information content (AvgIpc) is 2.17. The van der Waals surface area contributed by atoms with Gasteiger partial charge in [0.25, 0.3) is 0 Å². The molecular formula is C12H21Sn. The van der Waals surface area contributed by atoms with Crippen molar-refractivity contribution in [2.45, 2.75) is 32.6 Å². The van der Waals surface area contributed by atoms with Gasteiger partial charge in [0.1, 0.15) is 0 Å². The van der Waals surface area contributed by atoms with Gasteiger partial charge in [-0.25, -0.2) is 0 Å². The van der Waals surface area contributed by atoms with E-state index in [0.29, 0.717) is 0 Å². The Hall–Kier alpha value is 0.0187. The molecule has 0 aliphatic heterocycles. The van der Waals surface area contributed by atoms with Crippen molar-refractivity contribution in [1.82, 2.24) is 0 Å². The fourth-order valence-electron chi connectivity index (χ4n) is 1.29. The first-order chi connectivity index (χ1) is 6.35. The predicted molar refractivity (Wildman–Crippen MR) is 64.6 cm³/mol. The van der Waals surface area contributed by atoms with E-state index in [0.717, 1.165) is 0 Å². The molecule has 1 heteroatoms. The molecule has 73 valence electrons. The number of allylic oxidation sites excluding steroid dienone is 3. The van der Waals surface area contributed by atoms with Gasteiger partial charge in [-0.1, -0.05) is 0 Å². The van der Waals surface area contributed by atoms with Gasteiger partial charge in [-0.2, -0.15) is 0 Å². The molecule has 0 aromatic carbocycles. The van der Waals surface area contributed by atoms with E-state index in [-0.39, 0.29) is 0 Å². The minimum atomic E-state index is -1.05. The fourth-order valence-corrected chi connectivity index (χ4v) is 8.68. The Labute approximate surface area is 90.2 Å². The molecule has 0 saturated carbocycles. The van der Waals surface area contributed by atoms with Gasteiger partial charge in [0.15, 0.2) is 0 Å². The zero-order valence-electron chi connectivity index (χ0n) is 8.60. The maximum atomic E-state index is 3.78. The molecule has 0 aromatic rings. The Bertz CT molecular complexity index is 121. The molecule has 0 aliphatic carbocycles. The summed E-state index contributed by atoms with van der Waals surface area (Å²) in [6.07, 6.45) is 9.85. The molecule has 0 bridgehead atoms. The van der Waals surface area contributed by atoms with Crippen molar-refractivity contribution >= 4 is 19.8 Å². The predicted octanol–water partition coefficient (Wildman–Crippen LogP) is 4.21. The number of hydrogen-bond donors (Lipinski definition) is 0. The third-order valence-electron chi connectivity index (χ3n) is 2.11. The third-order valence-corrected chi connectivity index (χ3v) is 10.6. The monoisotopic (exact) mass is 285 g/mol. The molecule has 1 radical (unpaired) electrons. The van der Waals surface area contributed by atoms with Crippen LogP contribution in [0.2, 0.25) is 13.3 Å². The summed E-state index contributed by atoms with van der Waals surface area (Å²) < 4.78 is 4.40. The normalized spacial score (nSPS) is 9.92. The summed E-state index contributed by atoms with van der Waals surface area (Å²) in [6, 6.07) is 0. The van der Waals surface area contributed by atoms with Gasteiger partial charge in [-0.05, 0) is 0 Å². The van der Waals surface area contributed by atoms with Crippen LogP contribution < -0.4 is 0 Å². The van der Waals surface area contributed by atoms with Crippen LogP contribution in [0.15, 0.2) is 38.0 Å². The molecule has 0 atom stereocenters. The van der Waals surface area contributed by atoms with E-state index >= 15 is 0 Å². The van der Waals surface area contributed by atoms with Crippen LogP contribution in [0.5, 0.6) is 0 Å². The first kappa shape index (κ1) is 13.0. The standard InChI is InChI=1S/3C4H7.Sn/c3*1-3-4-2;/h3*3H,1-2,4H2;. The Morgan fingerprint density at radius 2 is 1.00 bits per heavy atom. The first-order valence-electron chi connectivity index (χ1n) is 5.01. The summed E-state index contributed by atoms with van der Waals surface area (Å²) in [5, 5.41) is 0. The Morgan fingerprint density at radius 3 is 1.23 bits per heavy atom. The van der Waals surface area contributed by atoms with Crippen molar-refractivity contribution in [3.05, 3.63) is 38.0 Å². The molecule has 0 nitrogen and oxygen atoms in total. The van der Waals surface area contributed by atoms with E-state index in [4.69, 9.17) is 0 Å². The van der Waals surface area contributed by atoms with Crippen LogP contribution >= 0.6 is 0 Å². The number of hydrogen-bond acceptors (Lipinski definition) is 0. The molecule has 0 amide bonds. The van der Waals surface area contributed by atoms with Gasteiger partial charge in [-0.15, -0.1) is 0 Å². The third kappa shape index (κ3) is 8.35. The van der Waals surface area contributed by atoms with Crippen molar-refractivity contribution in [2.24, 2.45) is 0 Å². The second-order valence-corrected chi connectivity index (χ2v) is 11.8. The van der Waals surface area contributed by atoms with Crippen LogP contribution in [0.25, 0.3) is 0 Å². The molecule has 0 rings (SSSR count). The first-order valence-corrected chi connectivity index (χ1v) is 11.1. The van der Waals surface area contributed by atoms with Crippen LogP contribution in [-0.2, 0) is 0 Å². The second-order valence-electron chi connectivity index (χ2n) is 3.23. The molecule has 0 unspecified atom stereocenters. The summed E-state index contributed by atoms with van der Waals surface area (Å²) in [7, 11) is 0. The van der Waals surface area contributed by atoms with E-state index < -0.39 is 19.8 Å². The summed E-state index contributed by atoms with van der Waals surface area (Å²) in [5.41, 5.74) is 0. The van der Waals surface area contributed by atoms with Crippen LogP contribution in [0.3, 0.4) is 0 Å². The van der Waals surface area contributed by atoms with Crippen LogP contribution in [0.1, 0.15) is 19.3 Å². The maximum absolute atomic E-state index is 3.78. The Balaban J connectivity index is 3.64. The van der Waals surface area contributed by atoms with Crippen molar-refractivity contribution in [3.8, 4) is 0 Å². The van der Waals surface area contributed by atoms with Crippen LogP contribution in [0, 0.1) is 0 Å². The molecule has 0 spiro atoms. The zero-order chi connectivity index (χ0) is 9.94. The van der Waals surface area contributed by atoms with E-state index in [1.807, 2.05) is 0 Å². The van der Waals surface area contributed by atoms with Crippen molar-refractivity contribution in [1.29, 1.82) is 0 Å². The summed E-state index contributed by atoms with van der Waals surface area (Å²) in [4.78, 5) is 0. The van der Waals surface area contributed by atoms with Crippen molar-refractivity contribution < 1.29 is 0 Å². The molecule has 0 N–H and O–H groups in total. The fraction of sp³-hybridized carbons (Fsp3) is 0.500. The summed E-state index contributed by atoms with van der Waals surface area (Å²) in [6.45, 7) is 11.4. The quantitative estimate of drug-likeness (QED) is 0.439. The van der Waals surface area contributed by atoms with Crippen LogP contribution in [-0.4, -0.2) is 19.8 Å². The molecule has 0 fully saturated rings. The second kappa shape index (κ2) is 10.1. The van der Waals surface area contributed by atoms with Crippen molar-refractivity contribution in [2.75, 3.05) is 0 Å². The zero-order valence-corrected chi connectivity index (χ0v) is 11.5. The van der Waals surface area contributed by atoms with Gasteiger partial charge in [0.2, 0.25) is 0 Å². The topological polar surface area (TPSA) is 0 Å². The molecule has 0 aromatic heterocycles. The summed E-state index contributed by atoms with van der Waals surface area (Å²) in [5.74, 6) is 0. The van der Waals surface area contributed by atoms with Crippen LogP contribution in [0.4, 0.5) is 0 Å². The van der Waals surface area contributed by atoms with Gasteiger partial charge in [-0.3, -0.25) is 0 Å². The Kier molecular flexibility index (Phi) is 10.1. The molecule has 0 saturated heterocycles. The van der Waals surface area contributed by atoms with E-state index in [1.165, 1.54) is 32.6 Å². The number of rotatable bonds is 9. The van der Waals surface area contributed by atoms with Gasteiger partial charge < -0.3 is 0 Å². The Morgan fingerprint density at radius 1 is 0.692 bits per heavy atom. The minimum absolute atomic E-state index is 1.05. The molecule has 0 aliphatic rings. The average molecular weight is 284 g/mol. The van der Waals surface area contributed by atoms with Crippen molar-refractivity contribution in [3.63, 3.8) is 0 Å². The van der Waals surface area contributed by atoms with E-state index in [9.17, 15) is 0 Å². The van der Waals surface area contributed by atoms with E-state index in [1.54, 1.807) is 0 Å². The molecule has 0 heterocycles. The van der Waals surface area contributed by atoms with Gasteiger partial charge >= 0.3 is 90.3 Å². The van der Waals surface area contributed by atoms with E-state index in [2.05, 4.69) is 38.0 Å². The summed E-state index contributed by atoms with van der Waals surface area (Å²) >= 11 is -1.05. The SMILES string of the molecule is C=CC[CH2][Sn]([CH2]CC=C)[CH2]CC=C. The molecular weight excluding hydrogens is 263 g/mol. The van der Waals surface area contributed by atoms with Gasteiger partial charge in [0, 0.05) is 0 Å². The van der Waals surface area contributed by atoms with Gasteiger partial charge in [0.05, 0.1) is 0 Å². The molecule has 13 heavy (non-hydrogen) atoms.